The maximum atomic E-state index is 15.2. The molecule has 3 rings (SSSR count). The van der Waals surface area contributed by atoms with Crippen molar-refractivity contribution in [2.24, 2.45) is 44.3 Å². The molecule has 1 aromatic carbocycles. The second-order valence-electron chi connectivity index (χ2n) is 17.5. The fourth-order valence-corrected chi connectivity index (χ4v) is 7.47. The molecule has 1 fully saturated rings. The Balaban J connectivity index is 2.01. The molecule has 2 unspecified atom stereocenters. The van der Waals surface area contributed by atoms with Gasteiger partial charge in [-0.1, -0.05) is 86.1 Å². The molecule has 0 aliphatic heterocycles. The molecule has 2 atom stereocenters. The van der Waals surface area contributed by atoms with Crippen LogP contribution in [0.25, 0.3) is 0 Å². The van der Waals surface area contributed by atoms with Gasteiger partial charge in [0.2, 0.25) is 0 Å². The highest BCUT2D eigenvalue weighted by Gasteiger charge is 2.43. The van der Waals surface area contributed by atoms with Gasteiger partial charge in [0.15, 0.2) is 5.71 Å². The minimum absolute atomic E-state index is 0.0183. The number of amidine groups is 1. The van der Waals surface area contributed by atoms with Gasteiger partial charge in [-0.05, 0) is 85.5 Å². The van der Waals surface area contributed by atoms with E-state index >= 15 is 4.79 Å². The van der Waals surface area contributed by atoms with E-state index < -0.39 is 0 Å². The largest absolute Gasteiger partial charge is 0.494 e. The molecule has 7 N–H and O–H groups in total. The average molecular weight is 733 g/mol. The zero-order chi connectivity index (χ0) is 39.2. The lowest BCUT2D eigenvalue weighted by atomic mass is 9.71. The van der Waals surface area contributed by atoms with Gasteiger partial charge in [-0.15, -0.1) is 0 Å². The summed E-state index contributed by atoms with van der Waals surface area (Å²) in [5.41, 5.74) is 11.0. The summed E-state index contributed by atoms with van der Waals surface area (Å²) in [6.07, 6.45) is 18.1. The van der Waals surface area contributed by atoms with E-state index in [9.17, 15) is 4.79 Å². The van der Waals surface area contributed by atoms with Crippen molar-refractivity contribution < 1.29 is 19.2 Å². The number of nitrogens with one attached hydrogen (secondary N) is 3. The predicted molar refractivity (Wildman–Crippen MR) is 218 cm³/mol. The zero-order valence-electron chi connectivity index (χ0n) is 34.2. The lowest BCUT2D eigenvalue weighted by molar-refractivity contribution is -0.879. The van der Waals surface area contributed by atoms with Crippen molar-refractivity contribution in [2.75, 3.05) is 20.2 Å². The summed E-state index contributed by atoms with van der Waals surface area (Å²) in [6.45, 7) is 19.0. The Bertz CT molecular complexity index is 1480. The van der Waals surface area contributed by atoms with Crippen molar-refractivity contribution in [2.45, 2.75) is 132 Å². The van der Waals surface area contributed by atoms with Gasteiger partial charge >= 0.3 is 5.91 Å². The SMILES string of the molecule is CN=C(C(=O)[NH+](C1CCC(C(C)(C)C)CC1)C(CCC(C)(C)C)c1ccc(C(=O)NC/C(N)=N/NN)cc1)C1=CC(OCCCCC(C)C)=CCC=C1. The Morgan fingerprint density at radius 3 is 2.26 bits per heavy atom. The van der Waals surface area contributed by atoms with Crippen molar-refractivity contribution in [3.05, 3.63) is 71.0 Å². The number of unbranched alkanes of at least 4 members (excludes halogenated alkanes) is 1. The van der Waals surface area contributed by atoms with Crippen molar-refractivity contribution in [1.82, 2.24) is 10.9 Å². The first-order chi connectivity index (χ1) is 25.0. The third-order valence-electron chi connectivity index (χ3n) is 10.6. The van der Waals surface area contributed by atoms with E-state index in [0.717, 1.165) is 79.6 Å². The smallest absolute Gasteiger partial charge is 0.363 e. The van der Waals surface area contributed by atoms with E-state index in [-0.39, 0.29) is 47.1 Å². The molecule has 0 radical (unpaired) electrons. The molecule has 294 valence electrons. The molecule has 10 heteroatoms. The van der Waals surface area contributed by atoms with E-state index in [1.165, 1.54) is 6.42 Å². The molecule has 0 spiro atoms. The van der Waals surface area contributed by atoms with E-state index in [1.807, 2.05) is 36.4 Å². The van der Waals surface area contributed by atoms with Crippen LogP contribution in [-0.4, -0.2) is 49.6 Å². The third kappa shape index (κ3) is 14.2. The highest BCUT2D eigenvalue weighted by molar-refractivity contribution is 6.43. The quantitative estimate of drug-likeness (QED) is 0.0395. The Morgan fingerprint density at radius 1 is 1.00 bits per heavy atom. The first-order valence-corrected chi connectivity index (χ1v) is 19.8. The maximum absolute atomic E-state index is 15.2. The molecular weight excluding hydrogens is 663 g/mol. The van der Waals surface area contributed by atoms with Crippen LogP contribution in [0.2, 0.25) is 0 Å². The number of hydrogen-bond donors (Lipinski definition) is 5. The second kappa shape index (κ2) is 20.6. The Hall–Kier alpha value is -3.76. The number of carbonyl (C=O) groups is 2. The van der Waals surface area contributed by atoms with Crippen LogP contribution in [0.3, 0.4) is 0 Å². The minimum Gasteiger partial charge on any atom is -0.494 e. The number of nitrogens with zero attached hydrogens (tertiary/aromatic N) is 2. The van der Waals surface area contributed by atoms with Crippen LogP contribution in [-0.2, 0) is 9.53 Å². The highest BCUT2D eigenvalue weighted by atomic mass is 16.5. The first kappa shape index (κ1) is 43.6. The van der Waals surface area contributed by atoms with Crippen molar-refractivity contribution in [1.29, 1.82) is 0 Å². The average Bonchev–Trinajstić information content (AvgIpc) is 3.34. The summed E-state index contributed by atoms with van der Waals surface area (Å²) < 4.78 is 6.25. The van der Waals surface area contributed by atoms with Gasteiger partial charge in [0, 0.05) is 43.0 Å². The molecule has 0 heterocycles. The Labute approximate surface area is 320 Å². The molecule has 10 nitrogen and oxygen atoms in total. The lowest BCUT2D eigenvalue weighted by Gasteiger charge is -2.41. The number of hydrazine groups is 1. The monoisotopic (exact) mass is 733 g/mol. The third-order valence-corrected chi connectivity index (χ3v) is 10.6. The van der Waals surface area contributed by atoms with Crippen molar-refractivity contribution >= 4 is 23.4 Å². The summed E-state index contributed by atoms with van der Waals surface area (Å²) >= 11 is 0. The molecule has 1 saturated carbocycles. The van der Waals surface area contributed by atoms with E-state index in [1.54, 1.807) is 7.05 Å². The summed E-state index contributed by atoms with van der Waals surface area (Å²) in [5.74, 6) is 7.21. The van der Waals surface area contributed by atoms with E-state index in [4.69, 9.17) is 21.3 Å². The molecular formula is C43H70N7O3+. The Morgan fingerprint density at radius 2 is 1.68 bits per heavy atom. The number of ether oxygens (including phenoxy) is 1. The summed E-state index contributed by atoms with van der Waals surface area (Å²) in [5, 5.41) is 6.48. The second-order valence-corrected chi connectivity index (χ2v) is 17.5. The molecule has 53 heavy (non-hydrogen) atoms. The molecule has 0 aromatic heterocycles. The van der Waals surface area contributed by atoms with Gasteiger partial charge < -0.3 is 15.8 Å². The lowest BCUT2D eigenvalue weighted by Crippen LogP contribution is -3.19. The molecule has 2 amide bonds. The number of benzene rings is 1. The van der Waals surface area contributed by atoms with Crippen LogP contribution in [0, 0.1) is 22.7 Å². The van der Waals surface area contributed by atoms with Crippen LogP contribution in [0.4, 0.5) is 0 Å². The van der Waals surface area contributed by atoms with Gasteiger partial charge in [0.05, 0.1) is 19.2 Å². The molecule has 0 bridgehead atoms. The number of hydrazone groups is 1. The standard InChI is InChI=1S/C43H69N7O3/c1-30(2)14-12-13-27-53-36-16-11-10-15-33(28-36)39(46-9)41(52)50(35-23-21-34(22-24-35)43(6,7)8)37(25-26-42(3,4)5)31-17-19-32(20-18-31)40(51)47-29-38(44)48-49-45/h10,15-20,28,30,34-35,37,49H,11-14,21-27,29,45H2,1-9H3,(H2,44,48)(H,47,51)/p+1. The van der Waals surface area contributed by atoms with Crippen LogP contribution in [0.5, 0.6) is 0 Å². The van der Waals surface area contributed by atoms with Gasteiger partial charge in [-0.25, -0.2) is 16.2 Å². The number of aliphatic imine (C=N–C) groups is 1. The molecule has 2 aliphatic carbocycles. The maximum Gasteiger partial charge on any atom is 0.363 e. The fourth-order valence-electron chi connectivity index (χ4n) is 7.47. The van der Waals surface area contributed by atoms with Crippen LogP contribution in [0.1, 0.15) is 142 Å². The van der Waals surface area contributed by atoms with Crippen molar-refractivity contribution in [3.8, 4) is 0 Å². The highest BCUT2D eigenvalue weighted by Crippen LogP contribution is 2.38. The summed E-state index contributed by atoms with van der Waals surface area (Å²) in [7, 11) is 1.73. The number of allylic oxidation sites excluding steroid dienone is 4. The molecule has 0 saturated heterocycles. The number of rotatable bonds is 17. The number of amides is 2. The van der Waals surface area contributed by atoms with E-state index in [2.05, 4.69) is 83.5 Å². The van der Waals surface area contributed by atoms with Crippen LogP contribution < -0.4 is 27.3 Å². The normalized spacial score (nSPS) is 19.9. The zero-order valence-corrected chi connectivity index (χ0v) is 34.2. The first-order valence-electron chi connectivity index (χ1n) is 19.8. The number of hydrogen-bond acceptors (Lipinski definition) is 7. The van der Waals surface area contributed by atoms with Gasteiger partial charge in [-0.2, -0.15) is 5.10 Å². The minimum atomic E-state index is -0.266. The molecule has 2 aliphatic rings. The summed E-state index contributed by atoms with van der Waals surface area (Å²) in [4.78, 5) is 33.9. The fraction of sp³-hybridized carbons (Fsp3) is 0.628. The van der Waals surface area contributed by atoms with E-state index in [0.29, 0.717) is 29.7 Å². The summed E-state index contributed by atoms with van der Waals surface area (Å²) in [6, 6.07) is 7.69. The molecule has 1 aromatic rings. The van der Waals surface area contributed by atoms with Crippen LogP contribution >= 0.6 is 0 Å². The van der Waals surface area contributed by atoms with Gasteiger partial charge in [0.1, 0.15) is 17.6 Å². The van der Waals surface area contributed by atoms with Gasteiger partial charge in [0.25, 0.3) is 5.91 Å². The topological polar surface area (TPSA) is 149 Å². The number of carbonyl (C=O) groups excluding carboxylic acids is 2. The number of nitrogens with two attached hydrogens (primary N) is 2. The predicted octanol–water partition coefficient (Wildman–Crippen LogP) is 6.72. The van der Waals surface area contributed by atoms with Gasteiger partial charge in [-0.3, -0.25) is 14.7 Å². The Kier molecular flexibility index (Phi) is 17.0. The number of quaternary nitrogens is 1. The van der Waals surface area contributed by atoms with Crippen molar-refractivity contribution in [3.63, 3.8) is 0 Å². The van der Waals surface area contributed by atoms with Crippen LogP contribution in [0.15, 0.2) is 70.0 Å².